The SMILES string of the molecule is COc1ccc(CCO[C@@H]2CCCC[C@H]2n2ccc(O)c2)cc1OC. The fourth-order valence-corrected chi connectivity index (χ4v) is 3.58. The third kappa shape index (κ3) is 4.28. The van der Waals surface area contributed by atoms with Crippen LogP contribution in [0, 0.1) is 0 Å². The van der Waals surface area contributed by atoms with Crippen molar-refractivity contribution in [1.29, 1.82) is 0 Å². The molecule has 2 atom stereocenters. The Kier molecular flexibility index (Phi) is 5.87. The van der Waals surface area contributed by atoms with Crippen LogP contribution >= 0.6 is 0 Å². The number of methoxy groups -OCH3 is 2. The van der Waals surface area contributed by atoms with Gasteiger partial charge >= 0.3 is 0 Å². The molecule has 25 heavy (non-hydrogen) atoms. The first kappa shape index (κ1) is 17.7. The lowest BCUT2D eigenvalue weighted by Crippen LogP contribution is -2.30. The van der Waals surface area contributed by atoms with Gasteiger partial charge in [-0.3, -0.25) is 0 Å². The molecule has 0 radical (unpaired) electrons. The molecule has 1 aromatic carbocycles. The Morgan fingerprint density at radius 3 is 2.60 bits per heavy atom. The molecular formula is C20H27NO4. The molecular weight excluding hydrogens is 318 g/mol. The number of rotatable bonds is 7. The molecule has 3 rings (SSSR count). The number of hydrogen-bond acceptors (Lipinski definition) is 4. The fourth-order valence-electron chi connectivity index (χ4n) is 3.58. The summed E-state index contributed by atoms with van der Waals surface area (Å²) in [7, 11) is 3.29. The topological polar surface area (TPSA) is 52.9 Å². The summed E-state index contributed by atoms with van der Waals surface area (Å²) in [6, 6.07) is 8.02. The van der Waals surface area contributed by atoms with Crippen molar-refractivity contribution in [2.24, 2.45) is 0 Å². The highest BCUT2D eigenvalue weighted by Gasteiger charge is 2.27. The molecule has 136 valence electrons. The third-order valence-electron chi connectivity index (χ3n) is 4.92. The molecule has 1 fully saturated rings. The van der Waals surface area contributed by atoms with Crippen LogP contribution < -0.4 is 9.47 Å². The van der Waals surface area contributed by atoms with Gasteiger partial charge < -0.3 is 23.9 Å². The van der Waals surface area contributed by atoms with Crippen molar-refractivity contribution in [2.45, 2.75) is 44.2 Å². The smallest absolute Gasteiger partial charge is 0.160 e. The molecule has 0 unspecified atom stereocenters. The van der Waals surface area contributed by atoms with E-state index in [1.807, 2.05) is 24.4 Å². The highest BCUT2D eigenvalue weighted by molar-refractivity contribution is 5.42. The first-order valence-electron chi connectivity index (χ1n) is 8.90. The maximum atomic E-state index is 9.60. The number of nitrogens with zero attached hydrogens (tertiary/aromatic N) is 1. The Hall–Kier alpha value is -2.14. The number of aromatic nitrogens is 1. The van der Waals surface area contributed by atoms with E-state index < -0.39 is 0 Å². The number of benzene rings is 1. The summed E-state index contributed by atoms with van der Waals surface area (Å²) < 4.78 is 18.9. The van der Waals surface area contributed by atoms with Gasteiger partial charge in [0.15, 0.2) is 11.5 Å². The van der Waals surface area contributed by atoms with Gasteiger partial charge in [0.05, 0.1) is 33.0 Å². The predicted molar refractivity (Wildman–Crippen MR) is 96.6 cm³/mol. The molecule has 1 aromatic heterocycles. The Morgan fingerprint density at radius 1 is 1.08 bits per heavy atom. The molecule has 1 N–H and O–H groups in total. The molecule has 0 bridgehead atoms. The zero-order valence-electron chi connectivity index (χ0n) is 15.0. The molecule has 1 aliphatic carbocycles. The van der Waals surface area contributed by atoms with Gasteiger partial charge in [0.25, 0.3) is 0 Å². The number of ether oxygens (including phenoxy) is 3. The van der Waals surface area contributed by atoms with Gasteiger partial charge in [0.2, 0.25) is 0 Å². The van der Waals surface area contributed by atoms with Crippen molar-refractivity contribution < 1.29 is 19.3 Å². The molecule has 5 heteroatoms. The third-order valence-corrected chi connectivity index (χ3v) is 4.92. The molecule has 0 aliphatic heterocycles. The van der Waals surface area contributed by atoms with E-state index in [9.17, 15) is 5.11 Å². The summed E-state index contributed by atoms with van der Waals surface area (Å²) in [6.45, 7) is 0.671. The minimum atomic E-state index is 0.195. The fraction of sp³-hybridized carbons (Fsp3) is 0.500. The minimum absolute atomic E-state index is 0.195. The van der Waals surface area contributed by atoms with Crippen molar-refractivity contribution in [3.8, 4) is 17.2 Å². The molecule has 1 saturated carbocycles. The first-order valence-corrected chi connectivity index (χ1v) is 8.90. The standard InChI is InChI=1S/C20H27NO4/c1-23-19-8-7-15(13-20(19)24-2)10-12-25-18-6-4-3-5-17(18)21-11-9-16(22)14-21/h7-9,11,13-14,17-18,22H,3-6,10,12H2,1-2H3/t17-,18-/m1/s1. The summed E-state index contributed by atoms with van der Waals surface area (Å²) in [4.78, 5) is 0. The van der Waals surface area contributed by atoms with Crippen LogP contribution in [0.4, 0.5) is 0 Å². The van der Waals surface area contributed by atoms with Crippen LogP contribution in [0.25, 0.3) is 0 Å². The molecule has 0 saturated heterocycles. The Bertz CT molecular complexity index is 682. The van der Waals surface area contributed by atoms with Gasteiger partial charge in [0, 0.05) is 12.4 Å². The first-order chi connectivity index (χ1) is 12.2. The monoisotopic (exact) mass is 345 g/mol. The van der Waals surface area contributed by atoms with Gasteiger partial charge in [-0.1, -0.05) is 18.9 Å². The Morgan fingerprint density at radius 2 is 1.88 bits per heavy atom. The van der Waals surface area contributed by atoms with Gasteiger partial charge in [-0.05, 0) is 43.0 Å². The maximum absolute atomic E-state index is 9.60. The molecule has 1 heterocycles. The second-order valence-corrected chi connectivity index (χ2v) is 6.52. The van der Waals surface area contributed by atoms with E-state index in [0.717, 1.165) is 30.8 Å². The lowest BCUT2D eigenvalue weighted by Gasteiger charge is -2.32. The summed E-state index contributed by atoms with van der Waals surface area (Å²) in [5.41, 5.74) is 1.17. The van der Waals surface area contributed by atoms with E-state index in [-0.39, 0.29) is 6.10 Å². The summed E-state index contributed by atoms with van der Waals surface area (Å²) >= 11 is 0. The summed E-state index contributed by atoms with van der Waals surface area (Å²) in [5.74, 6) is 1.81. The Balaban J connectivity index is 1.58. The molecule has 0 amide bonds. The largest absolute Gasteiger partial charge is 0.506 e. The van der Waals surface area contributed by atoms with Crippen LogP contribution in [0.15, 0.2) is 36.7 Å². The summed E-state index contributed by atoms with van der Waals surface area (Å²) in [5, 5.41) is 9.60. The highest BCUT2D eigenvalue weighted by atomic mass is 16.5. The number of hydrogen-bond donors (Lipinski definition) is 1. The second kappa shape index (κ2) is 8.30. The second-order valence-electron chi connectivity index (χ2n) is 6.52. The minimum Gasteiger partial charge on any atom is -0.506 e. The zero-order chi connectivity index (χ0) is 17.6. The highest BCUT2D eigenvalue weighted by Crippen LogP contribution is 2.32. The quantitative estimate of drug-likeness (QED) is 0.825. The van der Waals surface area contributed by atoms with E-state index >= 15 is 0 Å². The van der Waals surface area contributed by atoms with Crippen molar-refractivity contribution >= 4 is 0 Å². The van der Waals surface area contributed by atoms with E-state index in [4.69, 9.17) is 14.2 Å². The zero-order valence-corrected chi connectivity index (χ0v) is 15.0. The van der Waals surface area contributed by atoms with Gasteiger partial charge in [0.1, 0.15) is 5.75 Å². The van der Waals surface area contributed by atoms with Crippen molar-refractivity contribution in [3.05, 3.63) is 42.2 Å². The van der Waals surface area contributed by atoms with Crippen LogP contribution in [0.2, 0.25) is 0 Å². The maximum Gasteiger partial charge on any atom is 0.160 e. The van der Waals surface area contributed by atoms with Gasteiger partial charge in [-0.2, -0.15) is 0 Å². The van der Waals surface area contributed by atoms with Crippen LogP contribution in [0.3, 0.4) is 0 Å². The molecule has 0 spiro atoms. The van der Waals surface area contributed by atoms with E-state index in [0.29, 0.717) is 18.4 Å². The lowest BCUT2D eigenvalue weighted by atomic mass is 9.92. The number of aromatic hydroxyl groups is 1. The molecule has 2 aromatic rings. The van der Waals surface area contributed by atoms with Crippen molar-refractivity contribution in [3.63, 3.8) is 0 Å². The van der Waals surface area contributed by atoms with Crippen LogP contribution in [0.5, 0.6) is 17.2 Å². The average Bonchev–Trinajstić information content (AvgIpc) is 3.08. The Labute approximate surface area is 149 Å². The van der Waals surface area contributed by atoms with E-state index in [1.54, 1.807) is 26.5 Å². The van der Waals surface area contributed by atoms with E-state index in [2.05, 4.69) is 4.57 Å². The van der Waals surface area contributed by atoms with Crippen LogP contribution in [0.1, 0.15) is 37.3 Å². The van der Waals surface area contributed by atoms with Gasteiger partial charge in [-0.25, -0.2) is 0 Å². The lowest BCUT2D eigenvalue weighted by molar-refractivity contribution is -0.00437. The predicted octanol–water partition coefficient (Wildman–Crippen LogP) is 3.95. The summed E-state index contributed by atoms with van der Waals surface area (Å²) in [6.07, 6.45) is 9.33. The van der Waals surface area contributed by atoms with Crippen LogP contribution in [-0.2, 0) is 11.2 Å². The van der Waals surface area contributed by atoms with E-state index in [1.165, 1.54) is 18.4 Å². The average molecular weight is 345 g/mol. The van der Waals surface area contributed by atoms with Gasteiger partial charge in [-0.15, -0.1) is 0 Å². The molecule has 1 aliphatic rings. The van der Waals surface area contributed by atoms with Crippen molar-refractivity contribution in [2.75, 3.05) is 20.8 Å². The normalized spacial score (nSPS) is 20.4. The van der Waals surface area contributed by atoms with Crippen molar-refractivity contribution in [1.82, 2.24) is 4.57 Å². The molecule has 5 nitrogen and oxygen atoms in total. The van der Waals surface area contributed by atoms with Crippen LogP contribution in [-0.4, -0.2) is 36.6 Å².